The van der Waals surface area contributed by atoms with E-state index in [0.717, 1.165) is 21.5 Å². The third-order valence-corrected chi connectivity index (χ3v) is 4.76. The summed E-state index contributed by atoms with van der Waals surface area (Å²) in [6.07, 6.45) is 1.08. The lowest BCUT2D eigenvalue weighted by Gasteiger charge is -2.26. The van der Waals surface area contributed by atoms with Gasteiger partial charge in [0, 0.05) is 19.0 Å². The number of hydrogen-bond acceptors (Lipinski definition) is 3. The highest BCUT2D eigenvalue weighted by Crippen LogP contribution is 2.22. The maximum absolute atomic E-state index is 12.2. The SMILES string of the molecule is CC1OCCC1N(C)C(=O)c1csc(I)c1. The van der Waals surface area contributed by atoms with Crippen LogP contribution in [0.25, 0.3) is 0 Å². The molecule has 0 N–H and O–H groups in total. The maximum atomic E-state index is 12.2. The molecule has 5 heteroatoms. The van der Waals surface area contributed by atoms with Crippen molar-refractivity contribution in [3.05, 3.63) is 19.9 Å². The minimum atomic E-state index is 0.0986. The zero-order valence-corrected chi connectivity index (χ0v) is 12.2. The summed E-state index contributed by atoms with van der Waals surface area (Å²) in [6.45, 7) is 2.78. The average Bonchev–Trinajstić information content (AvgIpc) is 2.85. The Bertz CT molecular complexity index is 393. The molecule has 0 bridgehead atoms. The summed E-state index contributed by atoms with van der Waals surface area (Å²) in [6, 6.07) is 2.15. The van der Waals surface area contributed by atoms with Crippen molar-refractivity contribution < 1.29 is 9.53 Å². The molecule has 2 atom stereocenters. The predicted molar refractivity (Wildman–Crippen MR) is 72.9 cm³/mol. The number of amides is 1. The topological polar surface area (TPSA) is 29.5 Å². The fourth-order valence-electron chi connectivity index (χ4n) is 2.01. The van der Waals surface area contributed by atoms with Crippen LogP contribution in [0, 0.1) is 2.88 Å². The summed E-state index contributed by atoms with van der Waals surface area (Å²) in [4.78, 5) is 14.0. The molecule has 1 aromatic heterocycles. The summed E-state index contributed by atoms with van der Waals surface area (Å²) < 4.78 is 6.63. The van der Waals surface area contributed by atoms with Crippen molar-refractivity contribution in [2.75, 3.05) is 13.7 Å². The lowest BCUT2D eigenvalue weighted by molar-refractivity contribution is 0.0575. The van der Waals surface area contributed by atoms with Crippen LogP contribution in [0.1, 0.15) is 23.7 Å². The van der Waals surface area contributed by atoms with E-state index in [1.54, 1.807) is 11.3 Å². The number of nitrogens with zero attached hydrogens (tertiary/aromatic N) is 1. The van der Waals surface area contributed by atoms with Gasteiger partial charge in [-0.15, -0.1) is 11.3 Å². The molecule has 88 valence electrons. The Morgan fingerprint density at radius 2 is 2.44 bits per heavy atom. The van der Waals surface area contributed by atoms with Gasteiger partial charge in [0.25, 0.3) is 5.91 Å². The second-order valence-electron chi connectivity index (χ2n) is 3.99. The minimum absolute atomic E-state index is 0.0986. The number of hydrogen-bond donors (Lipinski definition) is 0. The van der Waals surface area contributed by atoms with Crippen molar-refractivity contribution in [1.29, 1.82) is 0 Å². The first-order chi connectivity index (χ1) is 7.59. The van der Waals surface area contributed by atoms with Crippen LogP contribution in [-0.4, -0.2) is 36.6 Å². The molecule has 2 heterocycles. The Labute approximate surface area is 113 Å². The molecule has 16 heavy (non-hydrogen) atoms. The van der Waals surface area contributed by atoms with Crippen molar-refractivity contribution in [2.45, 2.75) is 25.5 Å². The van der Waals surface area contributed by atoms with Crippen molar-refractivity contribution in [1.82, 2.24) is 4.90 Å². The Hall–Kier alpha value is -0.140. The monoisotopic (exact) mass is 351 g/mol. The van der Waals surface area contributed by atoms with E-state index in [1.807, 2.05) is 30.3 Å². The number of likely N-dealkylation sites (N-methyl/N-ethyl adjacent to an activating group) is 1. The minimum Gasteiger partial charge on any atom is -0.376 e. The quantitative estimate of drug-likeness (QED) is 0.767. The van der Waals surface area contributed by atoms with Gasteiger partial charge in [-0.1, -0.05) is 0 Å². The molecule has 1 aliphatic heterocycles. The van der Waals surface area contributed by atoms with Gasteiger partial charge in [-0.05, 0) is 42.0 Å². The van der Waals surface area contributed by atoms with E-state index in [2.05, 4.69) is 22.6 Å². The Morgan fingerprint density at radius 3 is 2.94 bits per heavy atom. The van der Waals surface area contributed by atoms with Gasteiger partial charge in [-0.2, -0.15) is 0 Å². The molecule has 0 saturated carbocycles. The van der Waals surface area contributed by atoms with E-state index in [1.165, 1.54) is 0 Å². The van der Waals surface area contributed by atoms with Crippen LogP contribution < -0.4 is 0 Å². The molecule has 1 fully saturated rings. The number of rotatable bonds is 2. The van der Waals surface area contributed by atoms with Gasteiger partial charge in [0.05, 0.1) is 20.6 Å². The number of carbonyl (C=O) groups excluding carboxylic acids is 1. The third-order valence-electron chi connectivity index (χ3n) is 2.97. The fraction of sp³-hybridized carbons (Fsp3) is 0.545. The largest absolute Gasteiger partial charge is 0.376 e. The van der Waals surface area contributed by atoms with E-state index in [0.29, 0.717) is 0 Å². The average molecular weight is 351 g/mol. The predicted octanol–water partition coefficient (Wildman–Crippen LogP) is 2.60. The maximum Gasteiger partial charge on any atom is 0.254 e. The highest BCUT2D eigenvalue weighted by atomic mass is 127. The smallest absolute Gasteiger partial charge is 0.254 e. The van der Waals surface area contributed by atoms with Crippen LogP contribution in [-0.2, 0) is 4.74 Å². The number of thiophene rings is 1. The summed E-state index contributed by atoms with van der Waals surface area (Å²) in [5, 5.41) is 1.92. The summed E-state index contributed by atoms with van der Waals surface area (Å²) in [7, 11) is 1.86. The lowest BCUT2D eigenvalue weighted by atomic mass is 10.1. The van der Waals surface area contributed by atoms with Crippen molar-refractivity contribution in [2.24, 2.45) is 0 Å². The van der Waals surface area contributed by atoms with E-state index in [4.69, 9.17) is 4.74 Å². The second kappa shape index (κ2) is 5.01. The summed E-state index contributed by atoms with van der Waals surface area (Å²) in [5.74, 6) is 0.0986. The zero-order valence-electron chi connectivity index (χ0n) is 9.27. The Balaban J connectivity index is 2.10. The fourth-order valence-corrected chi connectivity index (χ4v) is 3.33. The Kier molecular flexibility index (Phi) is 3.86. The second-order valence-corrected chi connectivity index (χ2v) is 6.79. The molecule has 2 rings (SSSR count). The third kappa shape index (κ3) is 2.41. The van der Waals surface area contributed by atoms with Crippen LogP contribution in [0.5, 0.6) is 0 Å². The van der Waals surface area contributed by atoms with Gasteiger partial charge in [0.15, 0.2) is 0 Å². The van der Waals surface area contributed by atoms with Crippen LogP contribution >= 0.6 is 33.9 Å². The van der Waals surface area contributed by atoms with Crippen LogP contribution in [0.15, 0.2) is 11.4 Å². The lowest BCUT2D eigenvalue weighted by Crippen LogP contribution is -2.40. The molecule has 0 spiro atoms. The zero-order chi connectivity index (χ0) is 11.7. The molecule has 1 aromatic rings. The van der Waals surface area contributed by atoms with Gasteiger partial charge < -0.3 is 9.64 Å². The van der Waals surface area contributed by atoms with E-state index >= 15 is 0 Å². The molecule has 0 radical (unpaired) electrons. The molecular weight excluding hydrogens is 337 g/mol. The molecule has 1 aliphatic rings. The Morgan fingerprint density at radius 1 is 1.69 bits per heavy atom. The molecule has 2 unspecified atom stereocenters. The molecule has 3 nitrogen and oxygen atoms in total. The van der Waals surface area contributed by atoms with Crippen LogP contribution in [0.2, 0.25) is 0 Å². The number of halogens is 1. The summed E-state index contributed by atoms with van der Waals surface area (Å²) in [5.41, 5.74) is 0.788. The first kappa shape index (κ1) is 12.3. The summed E-state index contributed by atoms with van der Waals surface area (Å²) >= 11 is 3.83. The highest BCUT2D eigenvalue weighted by molar-refractivity contribution is 14.1. The first-order valence-corrected chi connectivity index (χ1v) is 7.18. The molecule has 0 aromatic carbocycles. The highest BCUT2D eigenvalue weighted by Gasteiger charge is 2.31. The van der Waals surface area contributed by atoms with E-state index < -0.39 is 0 Å². The molecule has 1 amide bonds. The van der Waals surface area contributed by atoms with E-state index in [-0.39, 0.29) is 18.1 Å². The van der Waals surface area contributed by atoms with E-state index in [9.17, 15) is 4.79 Å². The van der Waals surface area contributed by atoms with Gasteiger partial charge >= 0.3 is 0 Å². The van der Waals surface area contributed by atoms with Gasteiger partial charge in [-0.25, -0.2) is 0 Å². The molecular formula is C11H14INO2S. The number of carbonyl (C=O) groups is 1. The first-order valence-electron chi connectivity index (χ1n) is 5.22. The molecule has 1 saturated heterocycles. The van der Waals surface area contributed by atoms with Crippen LogP contribution in [0.3, 0.4) is 0 Å². The number of ether oxygens (including phenoxy) is 1. The van der Waals surface area contributed by atoms with Crippen molar-refractivity contribution in [3.8, 4) is 0 Å². The normalized spacial score (nSPS) is 24.7. The van der Waals surface area contributed by atoms with Crippen molar-refractivity contribution >= 4 is 39.8 Å². The van der Waals surface area contributed by atoms with Gasteiger partial charge in [-0.3, -0.25) is 4.79 Å². The van der Waals surface area contributed by atoms with Crippen LogP contribution in [0.4, 0.5) is 0 Å². The van der Waals surface area contributed by atoms with Gasteiger partial charge in [0.1, 0.15) is 0 Å². The van der Waals surface area contributed by atoms with Gasteiger partial charge in [0.2, 0.25) is 0 Å². The standard InChI is InChI=1S/C11H14INO2S/c1-7-9(3-4-15-7)13(2)11(14)8-5-10(12)16-6-8/h5-7,9H,3-4H2,1-2H3. The molecule has 0 aliphatic carbocycles. The van der Waals surface area contributed by atoms with Crippen molar-refractivity contribution in [3.63, 3.8) is 0 Å².